The van der Waals surface area contributed by atoms with Gasteiger partial charge in [-0.05, 0) is 36.4 Å². The highest BCUT2D eigenvalue weighted by molar-refractivity contribution is 6.09. The predicted octanol–water partition coefficient (Wildman–Crippen LogP) is 5.30. The summed E-state index contributed by atoms with van der Waals surface area (Å²) in [5.74, 6) is 0. The maximum Gasteiger partial charge on any atom is 0.0825 e. The number of anilines is 2. The van der Waals surface area contributed by atoms with E-state index in [1.807, 2.05) is 0 Å². The zero-order valence-electron chi connectivity index (χ0n) is 12.2. The lowest BCUT2D eigenvalue weighted by Crippen LogP contribution is -2.04. The number of benzene rings is 2. The summed E-state index contributed by atoms with van der Waals surface area (Å²) in [6, 6.07) is 17.1. The number of nitrogens with one attached hydrogen (secondary N) is 1. The number of hydrogen-bond donors (Lipinski definition) is 1. The number of para-hydroxylation sites is 1. The van der Waals surface area contributed by atoms with Crippen molar-refractivity contribution in [2.45, 2.75) is 26.2 Å². The van der Waals surface area contributed by atoms with Crippen LogP contribution in [-0.4, -0.2) is 4.98 Å². The Morgan fingerprint density at radius 3 is 2.76 bits per heavy atom. The van der Waals surface area contributed by atoms with E-state index < -0.39 is 0 Å². The zero-order chi connectivity index (χ0) is 14.2. The SMILES string of the molecule is CCCCc1cc2cccc3c2c(n1)-c1ccccc1N3. The van der Waals surface area contributed by atoms with Gasteiger partial charge in [0.15, 0.2) is 0 Å². The standard InChI is InChI=1S/C19H18N2/c1-2-3-8-14-12-13-7-6-11-17-18(13)19(20-14)15-9-4-5-10-16(15)21-17/h4-7,9-12,21H,2-3,8H2,1H3. The lowest BCUT2D eigenvalue weighted by molar-refractivity contribution is 0.779. The minimum atomic E-state index is 1.05. The number of nitrogens with zero attached hydrogens (tertiary/aromatic N) is 1. The van der Waals surface area contributed by atoms with Gasteiger partial charge in [0.25, 0.3) is 0 Å². The van der Waals surface area contributed by atoms with E-state index in [-0.39, 0.29) is 0 Å². The summed E-state index contributed by atoms with van der Waals surface area (Å²) >= 11 is 0. The second-order valence-corrected chi connectivity index (χ2v) is 5.64. The first-order valence-electron chi connectivity index (χ1n) is 7.66. The maximum absolute atomic E-state index is 4.97. The molecule has 0 amide bonds. The Morgan fingerprint density at radius 1 is 1.00 bits per heavy atom. The van der Waals surface area contributed by atoms with Crippen LogP contribution in [0.15, 0.2) is 48.5 Å². The lowest BCUT2D eigenvalue weighted by Gasteiger charge is -2.22. The molecule has 2 heteroatoms. The van der Waals surface area contributed by atoms with Crippen LogP contribution in [0.4, 0.5) is 11.4 Å². The van der Waals surface area contributed by atoms with Gasteiger partial charge in [0.2, 0.25) is 0 Å². The largest absolute Gasteiger partial charge is 0.354 e. The van der Waals surface area contributed by atoms with E-state index in [1.54, 1.807) is 0 Å². The van der Waals surface area contributed by atoms with Crippen LogP contribution >= 0.6 is 0 Å². The molecule has 0 saturated carbocycles. The van der Waals surface area contributed by atoms with Gasteiger partial charge in [-0.15, -0.1) is 0 Å². The van der Waals surface area contributed by atoms with E-state index in [0.29, 0.717) is 0 Å². The molecular weight excluding hydrogens is 256 g/mol. The van der Waals surface area contributed by atoms with Crippen molar-refractivity contribution in [1.29, 1.82) is 0 Å². The van der Waals surface area contributed by atoms with Crippen LogP contribution < -0.4 is 5.32 Å². The molecular formula is C19H18N2. The molecule has 0 spiro atoms. The van der Waals surface area contributed by atoms with E-state index in [9.17, 15) is 0 Å². The molecule has 0 unspecified atom stereocenters. The van der Waals surface area contributed by atoms with Gasteiger partial charge >= 0.3 is 0 Å². The summed E-state index contributed by atoms with van der Waals surface area (Å²) in [6.45, 7) is 2.22. The summed E-state index contributed by atoms with van der Waals surface area (Å²) < 4.78 is 0. The molecule has 21 heavy (non-hydrogen) atoms. The number of fused-ring (bicyclic) bond motifs is 2. The first-order valence-corrected chi connectivity index (χ1v) is 7.66. The Balaban J connectivity index is 2.00. The van der Waals surface area contributed by atoms with Crippen LogP contribution in [0, 0.1) is 0 Å². The zero-order valence-corrected chi connectivity index (χ0v) is 12.2. The molecule has 1 aliphatic heterocycles. The van der Waals surface area contributed by atoms with Gasteiger partial charge in [-0.1, -0.05) is 43.7 Å². The third kappa shape index (κ3) is 1.99. The molecule has 0 fully saturated rings. The van der Waals surface area contributed by atoms with E-state index in [2.05, 4.69) is 60.8 Å². The minimum Gasteiger partial charge on any atom is -0.354 e. The molecule has 0 bridgehead atoms. The van der Waals surface area contributed by atoms with E-state index >= 15 is 0 Å². The Labute approximate surface area is 124 Å². The molecule has 0 radical (unpaired) electrons. The number of aromatic nitrogens is 1. The average molecular weight is 274 g/mol. The van der Waals surface area contributed by atoms with Crippen LogP contribution in [-0.2, 0) is 6.42 Å². The Kier molecular flexibility index (Phi) is 2.88. The molecule has 2 heterocycles. The summed E-state index contributed by atoms with van der Waals surface area (Å²) in [6.07, 6.45) is 3.45. The fourth-order valence-corrected chi connectivity index (χ4v) is 3.09. The maximum atomic E-state index is 4.97. The Hall–Kier alpha value is -2.35. The third-order valence-electron chi connectivity index (χ3n) is 4.15. The molecule has 0 atom stereocenters. The fraction of sp³-hybridized carbons (Fsp3) is 0.211. The second kappa shape index (κ2) is 4.88. The highest BCUT2D eigenvalue weighted by Gasteiger charge is 2.19. The first-order chi connectivity index (χ1) is 10.4. The van der Waals surface area contributed by atoms with Crippen molar-refractivity contribution in [3.8, 4) is 11.3 Å². The summed E-state index contributed by atoms with van der Waals surface area (Å²) in [7, 11) is 0. The van der Waals surface area contributed by atoms with Crippen LogP contribution in [0.5, 0.6) is 0 Å². The van der Waals surface area contributed by atoms with Gasteiger partial charge < -0.3 is 5.32 Å². The Morgan fingerprint density at radius 2 is 1.86 bits per heavy atom. The monoisotopic (exact) mass is 274 g/mol. The second-order valence-electron chi connectivity index (χ2n) is 5.64. The van der Waals surface area contributed by atoms with E-state index in [0.717, 1.165) is 23.5 Å². The topological polar surface area (TPSA) is 24.9 Å². The van der Waals surface area contributed by atoms with Gasteiger partial charge in [-0.2, -0.15) is 0 Å². The summed E-state index contributed by atoms with van der Waals surface area (Å²) in [5.41, 5.74) is 5.85. The molecule has 0 aliphatic carbocycles. The van der Waals surface area contributed by atoms with E-state index in [1.165, 1.54) is 34.9 Å². The minimum absolute atomic E-state index is 1.05. The van der Waals surface area contributed by atoms with Crippen molar-refractivity contribution in [2.24, 2.45) is 0 Å². The molecule has 104 valence electrons. The lowest BCUT2D eigenvalue weighted by atomic mass is 9.96. The molecule has 0 saturated heterocycles. The molecule has 2 nitrogen and oxygen atoms in total. The Bertz CT molecular complexity index is 821. The normalized spacial score (nSPS) is 12.0. The van der Waals surface area contributed by atoms with Gasteiger partial charge in [-0.3, -0.25) is 4.98 Å². The van der Waals surface area contributed by atoms with Crippen LogP contribution in [0.2, 0.25) is 0 Å². The van der Waals surface area contributed by atoms with Crippen LogP contribution in [0.3, 0.4) is 0 Å². The van der Waals surface area contributed by atoms with Crippen molar-refractivity contribution in [2.75, 3.05) is 5.32 Å². The van der Waals surface area contributed by atoms with E-state index in [4.69, 9.17) is 4.98 Å². The molecule has 1 aliphatic rings. The quantitative estimate of drug-likeness (QED) is 0.548. The highest BCUT2D eigenvalue weighted by atomic mass is 14.9. The summed E-state index contributed by atoms with van der Waals surface area (Å²) in [5, 5.41) is 6.06. The van der Waals surface area contributed by atoms with Crippen LogP contribution in [0.25, 0.3) is 22.0 Å². The fourth-order valence-electron chi connectivity index (χ4n) is 3.09. The third-order valence-corrected chi connectivity index (χ3v) is 4.15. The van der Waals surface area contributed by atoms with Gasteiger partial charge in [0, 0.05) is 28.0 Å². The molecule has 1 aromatic heterocycles. The first kappa shape index (κ1) is 12.4. The molecule has 1 N–H and O–H groups in total. The molecule has 2 aromatic carbocycles. The predicted molar refractivity (Wildman–Crippen MR) is 89.1 cm³/mol. The molecule has 4 rings (SSSR count). The van der Waals surface area contributed by atoms with Crippen molar-refractivity contribution < 1.29 is 0 Å². The van der Waals surface area contributed by atoms with Crippen molar-refractivity contribution in [3.05, 3.63) is 54.2 Å². The number of pyridine rings is 1. The number of rotatable bonds is 3. The van der Waals surface area contributed by atoms with Gasteiger partial charge in [-0.25, -0.2) is 0 Å². The van der Waals surface area contributed by atoms with Crippen molar-refractivity contribution in [1.82, 2.24) is 4.98 Å². The van der Waals surface area contributed by atoms with Crippen molar-refractivity contribution in [3.63, 3.8) is 0 Å². The van der Waals surface area contributed by atoms with Gasteiger partial charge in [0.1, 0.15) is 0 Å². The molecule has 3 aromatic rings. The van der Waals surface area contributed by atoms with Crippen molar-refractivity contribution >= 4 is 22.1 Å². The highest BCUT2D eigenvalue weighted by Crippen LogP contribution is 2.42. The number of unbranched alkanes of at least 4 members (excludes halogenated alkanes) is 1. The summed E-state index contributed by atoms with van der Waals surface area (Å²) in [4.78, 5) is 4.97. The van der Waals surface area contributed by atoms with Crippen LogP contribution in [0.1, 0.15) is 25.5 Å². The smallest absolute Gasteiger partial charge is 0.0825 e. The number of aryl methyl sites for hydroxylation is 1. The van der Waals surface area contributed by atoms with Gasteiger partial charge in [0.05, 0.1) is 5.69 Å². The number of hydrogen-bond acceptors (Lipinski definition) is 2. The average Bonchev–Trinajstić information content (AvgIpc) is 2.53.